The monoisotopic (exact) mass is 312 g/mol. The van der Waals surface area contributed by atoms with Crippen LogP contribution in [0.2, 0.25) is 0 Å². The topological polar surface area (TPSA) is 55.6 Å². The third kappa shape index (κ3) is 3.23. The van der Waals surface area contributed by atoms with Gasteiger partial charge in [-0.1, -0.05) is 6.07 Å². The second-order valence-corrected chi connectivity index (χ2v) is 5.20. The lowest BCUT2D eigenvalue weighted by atomic mass is 10.2. The first-order valence-corrected chi connectivity index (χ1v) is 6.89. The summed E-state index contributed by atoms with van der Waals surface area (Å²) in [5.74, 6) is 0.738. The third-order valence-corrected chi connectivity index (χ3v) is 3.66. The number of rotatable bonds is 4. The summed E-state index contributed by atoms with van der Waals surface area (Å²) >= 11 is 3.42. The Hall–Kier alpha value is -1.07. The highest BCUT2D eigenvalue weighted by Gasteiger charge is 2.18. The minimum atomic E-state index is 0.0577. The predicted molar refractivity (Wildman–Crippen MR) is 73.3 cm³/mol. The maximum Gasteiger partial charge on any atom is 0.260 e. The van der Waals surface area contributed by atoms with Gasteiger partial charge in [0.05, 0.1) is 4.47 Å². The number of benzene rings is 1. The van der Waals surface area contributed by atoms with Crippen LogP contribution in [0.1, 0.15) is 18.4 Å². The normalized spacial score (nSPS) is 14.9. The number of hydrogen-bond donors (Lipinski definition) is 1. The molecule has 0 unspecified atom stereocenters. The van der Waals surface area contributed by atoms with Crippen LogP contribution in [0.4, 0.5) is 0 Å². The SMILES string of the molecule is NCc1ccc(OCC(=O)N2CCCC2)c(Br)c1. The number of hydrogen-bond acceptors (Lipinski definition) is 3. The van der Waals surface area contributed by atoms with Crippen molar-refractivity contribution in [2.45, 2.75) is 19.4 Å². The molecule has 0 aromatic heterocycles. The molecule has 0 atom stereocenters. The number of nitrogens with two attached hydrogens (primary N) is 1. The lowest BCUT2D eigenvalue weighted by Crippen LogP contribution is -2.32. The largest absolute Gasteiger partial charge is 0.483 e. The van der Waals surface area contributed by atoms with E-state index in [-0.39, 0.29) is 12.5 Å². The molecular formula is C13H17BrN2O2. The van der Waals surface area contributed by atoms with Crippen LogP contribution in [0.3, 0.4) is 0 Å². The highest BCUT2D eigenvalue weighted by Crippen LogP contribution is 2.26. The molecule has 0 aliphatic carbocycles. The van der Waals surface area contributed by atoms with Crippen molar-refractivity contribution in [1.82, 2.24) is 4.90 Å². The first kappa shape index (κ1) is 13.4. The molecule has 1 aromatic carbocycles. The Bertz CT molecular complexity index is 431. The van der Waals surface area contributed by atoms with Crippen LogP contribution in [0.5, 0.6) is 5.75 Å². The Morgan fingerprint density at radius 3 is 2.72 bits per heavy atom. The molecule has 2 rings (SSSR count). The summed E-state index contributed by atoms with van der Waals surface area (Å²) in [6.45, 7) is 2.30. The molecule has 1 aromatic rings. The Morgan fingerprint density at radius 1 is 1.39 bits per heavy atom. The van der Waals surface area contributed by atoms with Crippen molar-refractivity contribution in [2.75, 3.05) is 19.7 Å². The van der Waals surface area contributed by atoms with Crippen molar-refractivity contribution in [3.05, 3.63) is 28.2 Å². The number of carbonyl (C=O) groups is 1. The first-order valence-electron chi connectivity index (χ1n) is 6.10. The van der Waals surface area contributed by atoms with E-state index in [9.17, 15) is 4.79 Å². The van der Waals surface area contributed by atoms with Gasteiger partial charge in [0.25, 0.3) is 5.91 Å². The Labute approximate surface area is 115 Å². The molecule has 0 radical (unpaired) electrons. The summed E-state index contributed by atoms with van der Waals surface area (Å²) in [7, 11) is 0. The number of likely N-dealkylation sites (tertiary alicyclic amines) is 1. The summed E-state index contributed by atoms with van der Waals surface area (Å²) in [6, 6.07) is 5.65. The van der Waals surface area contributed by atoms with E-state index >= 15 is 0 Å². The summed E-state index contributed by atoms with van der Waals surface area (Å²) in [5.41, 5.74) is 6.58. The van der Waals surface area contributed by atoms with E-state index in [1.165, 1.54) is 0 Å². The van der Waals surface area contributed by atoms with Gasteiger partial charge in [0.2, 0.25) is 0 Å². The van der Waals surface area contributed by atoms with Crippen LogP contribution in [0, 0.1) is 0 Å². The van der Waals surface area contributed by atoms with Gasteiger partial charge < -0.3 is 15.4 Å². The molecule has 1 fully saturated rings. The maximum absolute atomic E-state index is 11.8. The molecule has 0 spiro atoms. The number of halogens is 1. The average molecular weight is 313 g/mol. The standard InChI is InChI=1S/C13H17BrN2O2/c14-11-7-10(8-15)3-4-12(11)18-9-13(17)16-5-1-2-6-16/h3-4,7H,1-2,5-6,8-9,15H2. The zero-order chi connectivity index (χ0) is 13.0. The zero-order valence-electron chi connectivity index (χ0n) is 10.2. The van der Waals surface area contributed by atoms with Gasteiger partial charge in [0, 0.05) is 19.6 Å². The second kappa shape index (κ2) is 6.20. The Morgan fingerprint density at radius 2 is 2.11 bits per heavy atom. The highest BCUT2D eigenvalue weighted by molar-refractivity contribution is 9.10. The quantitative estimate of drug-likeness (QED) is 0.924. The lowest BCUT2D eigenvalue weighted by Gasteiger charge is -2.16. The summed E-state index contributed by atoms with van der Waals surface area (Å²) in [6.07, 6.45) is 2.20. The molecule has 1 aliphatic heterocycles. The van der Waals surface area contributed by atoms with E-state index in [0.717, 1.165) is 36.0 Å². The second-order valence-electron chi connectivity index (χ2n) is 4.35. The van der Waals surface area contributed by atoms with Gasteiger partial charge in [0.15, 0.2) is 6.61 Å². The van der Waals surface area contributed by atoms with Crippen molar-refractivity contribution in [1.29, 1.82) is 0 Å². The Balaban J connectivity index is 1.91. The van der Waals surface area contributed by atoms with Gasteiger partial charge in [-0.15, -0.1) is 0 Å². The molecule has 4 nitrogen and oxygen atoms in total. The molecule has 1 saturated heterocycles. The van der Waals surface area contributed by atoms with Crippen molar-refractivity contribution in [3.8, 4) is 5.75 Å². The van der Waals surface area contributed by atoms with Crippen LogP contribution in [0.15, 0.2) is 22.7 Å². The summed E-state index contributed by atoms with van der Waals surface area (Å²) in [4.78, 5) is 13.7. The van der Waals surface area contributed by atoms with E-state index in [0.29, 0.717) is 12.3 Å². The highest BCUT2D eigenvalue weighted by atomic mass is 79.9. The van der Waals surface area contributed by atoms with Crippen molar-refractivity contribution < 1.29 is 9.53 Å². The molecule has 1 amide bonds. The molecule has 2 N–H and O–H groups in total. The van der Waals surface area contributed by atoms with Crippen molar-refractivity contribution >= 4 is 21.8 Å². The van der Waals surface area contributed by atoms with Crippen molar-refractivity contribution in [2.24, 2.45) is 5.73 Å². The van der Waals surface area contributed by atoms with Gasteiger partial charge in [-0.2, -0.15) is 0 Å². The number of carbonyl (C=O) groups excluding carboxylic acids is 1. The first-order chi connectivity index (χ1) is 8.70. The molecular weight excluding hydrogens is 296 g/mol. The molecule has 5 heteroatoms. The van der Waals surface area contributed by atoms with Gasteiger partial charge in [-0.3, -0.25) is 4.79 Å². The van der Waals surface area contributed by atoms with E-state index in [1.54, 1.807) is 0 Å². The number of ether oxygens (including phenoxy) is 1. The van der Waals surface area contributed by atoms with Crippen LogP contribution in [-0.4, -0.2) is 30.5 Å². The average Bonchev–Trinajstić information content (AvgIpc) is 2.90. The smallest absolute Gasteiger partial charge is 0.260 e. The molecule has 98 valence electrons. The van der Waals surface area contributed by atoms with Gasteiger partial charge >= 0.3 is 0 Å². The lowest BCUT2D eigenvalue weighted by molar-refractivity contribution is -0.132. The molecule has 1 heterocycles. The fourth-order valence-corrected chi connectivity index (χ4v) is 2.53. The molecule has 0 bridgehead atoms. The summed E-state index contributed by atoms with van der Waals surface area (Å²) in [5, 5.41) is 0. The maximum atomic E-state index is 11.8. The number of nitrogens with zero attached hydrogens (tertiary/aromatic N) is 1. The molecule has 18 heavy (non-hydrogen) atoms. The molecule has 1 aliphatic rings. The summed E-state index contributed by atoms with van der Waals surface area (Å²) < 4.78 is 6.36. The minimum Gasteiger partial charge on any atom is -0.483 e. The van der Waals surface area contributed by atoms with E-state index < -0.39 is 0 Å². The van der Waals surface area contributed by atoms with Gasteiger partial charge in [-0.25, -0.2) is 0 Å². The zero-order valence-corrected chi connectivity index (χ0v) is 11.8. The van der Waals surface area contributed by atoms with E-state index in [2.05, 4.69) is 15.9 Å². The third-order valence-electron chi connectivity index (χ3n) is 3.04. The van der Waals surface area contributed by atoms with Crippen molar-refractivity contribution in [3.63, 3.8) is 0 Å². The predicted octanol–water partition coefficient (Wildman–Crippen LogP) is 1.91. The van der Waals surface area contributed by atoms with Gasteiger partial charge in [-0.05, 0) is 46.5 Å². The van der Waals surface area contributed by atoms with Gasteiger partial charge in [0.1, 0.15) is 5.75 Å². The van der Waals surface area contributed by atoms with E-state index in [4.69, 9.17) is 10.5 Å². The Kier molecular flexibility index (Phi) is 4.60. The number of amides is 1. The van der Waals surface area contributed by atoms with Crippen LogP contribution in [-0.2, 0) is 11.3 Å². The molecule has 0 saturated carbocycles. The fourth-order valence-electron chi connectivity index (χ4n) is 1.99. The van der Waals surface area contributed by atoms with Crippen LogP contribution in [0.25, 0.3) is 0 Å². The van der Waals surface area contributed by atoms with E-state index in [1.807, 2.05) is 23.1 Å². The van der Waals surface area contributed by atoms with Crippen LogP contribution >= 0.6 is 15.9 Å². The van der Waals surface area contributed by atoms with Crippen LogP contribution < -0.4 is 10.5 Å². The minimum absolute atomic E-state index is 0.0577. The fraction of sp³-hybridized carbons (Fsp3) is 0.462.